The molecule has 1 aromatic carbocycles. The van der Waals surface area contributed by atoms with E-state index in [0.717, 1.165) is 29.1 Å². The van der Waals surface area contributed by atoms with E-state index in [-0.39, 0.29) is 4.90 Å². The molecule has 1 unspecified atom stereocenters. The number of carbonyl (C=O) groups is 1. The molecule has 0 aliphatic rings. The summed E-state index contributed by atoms with van der Waals surface area (Å²) in [6.45, 7) is 3.44. The van der Waals surface area contributed by atoms with Gasteiger partial charge in [-0.3, -0.25) is 9.00 Å². The lowest BCUT2D eigenvalue weighted by atomic mass is 10.2. The molecule has 0 spiro atoms. The fourth-order valence-corrected chi connectivity index (χ4v) is 4.04. The maximum Gasteiger partial charge on any atom is 0.416 e. The number of amides is 1. The molecule has 1 amide bonds. The maximum absolute atomic E-state index is 12.6. The highest BCUT2D eigenvalue weighted by atomic mass is 32.2. The summed E-state index contributed by atoms with van der Waals surface area (Å²) in [6.07, 6.45) is -3.78. The Hall–Kier alpha value is -1.67. The summed E-state index contributed by atoms with van der Waals surface area (Å²) in [5.74, 6) is -0.401. The van der Waals surface area contributed by atoms with Crippen molar-refractivity contribution in [2.45, 2.75) is 36.1 Å². The van der Waals surface area contributed by atoms with E-state index in [2.05, 4.69) is 5.32 Å². The first kappa shape index (κ1) is 19.7. The highest BCUT2D eigenvalue weighted by molar-refractivity contribution is 7.87. The van der Waals surface area contributed by atoms with Crippen LogP contribution in [0.2, 0.25) is 0 Å². The number of hydrogen-bond donors (Lipinski definition) is 1. The Kier molecular flexibility index (Phi) is 6.05. The summed E-state index contributed by atoms with van der Waals surface area (Å²) < 4.78 is 49.2. The number of thiophene rings is 1. The fraction of sp³-hybridized carbons (Fsp3) is 0.353. The maximum atomic E-state index is 12.6. The van der Waals surface area contributed by atoms with E-state index in [1.165, 1.54) is 13.8 Å². The molecule has 0 aliphatic carbocycles. The molecule has 2 aromatic rings. The van der Waals surface area contributed by atoms with Crippen molar-refractivity contribution in [1.82, 2.24) is 5.32 Å². The van der Waals surface area contributed by atoms with Crippen molar-refractivity contribution in [2.24, 2.45) is 0 Å². The number of halogens is 3. The predicted octanol–water partition coefficient (Wildman–Crippen LogP) is 4.01. The van der Waals surface area contributed by atoms with Crippen LogP contribution in [0, 0.1) is 0 Å². The van der Waals surface area contributed by atoms with Gasteiger partial charge in [-0.15, -0.1) is 11.3 Å². The molecule has 1 aromatic heterocycles. The number of carbonyl (C=O) groups excluding carboxylic acids is 1. The van der Waals surface area contributed by atoms with Crippen molar-refractivity contribution in [3.05, 3.63) is 52.2 Å². The summed E-state index contributed by atoms with van der Waals surface area (Å²) in [4.78, 5) is 13.7. The Balaban J connectivity index is 2.01. The van der Waals surface area contributed by atoms with Gasteiger partial charge < -0.3 is 5.32 Å². The van der Waals surface area contributed by atoms with Crippen molar-refractivity contribution >= 4 is 28.0 Å². The van der Waals surface area contributed by atoms with Crippen LogP contribution in [-0.4, -0.2) is 21.4 Å². The fourth-order valence-electron chi connectivity index (χ4n) is 2.11. The van der Waals surface area contributed by atoms with Gasteiger partial charge in [-0.05, 0) is 56.0 Å². The summed E-state index contributed by atoms with van der Waals surface area (Å²) in [5, 5.41) is 4.69. The molecule has 1 heterocycles. The number of rotatable bonds is 6. The van der Waals surface area contributed by atoms with Crippen LogP contribution in [0.15, 0.2) is 46.7 Å². The second-order valence-corrected chi connectivity index (χ2v) is 8.95. The SMILES string of the molecule is CC(C)(C(=O)NCCc1cccs1)S(=O)c1ccc(C(F)(F)F)cc1. The van der Waals surface area contributed by atoms with Gasteiger partial charge in [0, 0.05) is 16.3 Å². The quantitative estimate of drug-likeness (QED) is 0.811. The van der Waals surface area contributed by atoms with Gasteiger partial charge in [-0.1, -0.05) is 6.07 Å². The van der Waals surface area contributed by atoms with Gasteiger partial charge in [0.15, 0.2) is 0 Å². The Morgan fingerprint density at radius 3 is 2.32 bits per heavy atom. The Morgan fingerprint density at radius 1 is 1.16 bits per heavy atom. The Labute approximate surface area is 150 Å². The minimum atomic E-state index is -4.45. The van der Waals surface area contributed by atoms with Gasteiger partial charge >= 0.3 is 6.18 Å². The average Bonchev–Trinajstić information content (AvgIpc) is 3.06. The van der Waals surface area contributed by atoms with Gasteiger partial charge in [0.2, 0.25) is 5.91 Å². The topological polar surface area (TPSA) is 46.2 Å². The third-order valence-electron chi connectivity index (χ3n) is 3.64. The zero-order chi connectivity index (χ0) is 18.7. The minimum Gasteiger partial charge on any atom is -0.354 e. The highest BCUT2D eigenvalue weighted by Gasteiger charge is 2.36. The van der Waals surface area contributed by atoms with Crippen molar-refractivity contribution in [1.29, 1.82) is 0 Å². The summed E-state index contributed by atoms with van der Waals surface area (Å²) >= 11 is 1.59. The predicted molar refractivity (Wildman–Crippen MR) is 93.0 cm³/mol. The third-order valence-corrected chi connectivity index (χ3v) is 6.39. The average molecular weight is 389 g/mol. The van der Waals surface area contributed by atoms with Crippen LogP contribution in [0.25, 0.3) is 0 Å². The number of nitrogens with one attached hydrogen (secondary N) is 1. The van der Waals surface area contributed by atoms with Gasteiger partial charge in [-0.25, -0.2) is 0 Å². The number of hydrogen-bond acceptors (Lipinski definition) is 3. The first-order valence-corrected chi connectivity index (χ1v) is 9.55. The Bertz CT molecular complexity index is 738. The lowest BCUT2D eigenvalue weighted by molar-refractivity contribution is -0.137. The molecule has 1 N–H and O–H groups in total. The highest BCUT2D eigenvalue weighted by Crippen LogP contribution is 2.30. The van der Waals surface area contributed by atoms with Crippen LogP contribution in [0.5, 0.6) is 0 Å². The van der Waals surface area contributed by atoms with Crippen LogP contribution in [0.3, 0.4) is 0 Å². The number of alkyl halides is 3. The zero-order valence-electron chi connectivity index (χ0n) is 13.7. The van der Waals surface area contributed by atoms with E-state index >= 15 is 0 Å². The molecule has 0 aliphatic heterocycles. The Morgan fingerprint density at radius 2 is 1.80 bits per heavy atom. The first-order valence-electron chi connectivity index (χ1n) is 7.52. The minimum absolute atomic E-state index is 0.186. The van der Waals surface area contributed by atoms with Crippen molar-refractivity contribution in [3.8, 4) is 0 Å². The molecule has 0 saturated heterocycles. The van der Waals surface area contributed by atoms with E-state index in [0.29, 0.717) is 13.0 Å². The van der Waals surface area contributed by atoms with Crippen LogP contribution in [0.1, 0.15) is 24.3 Å². The molecule has 3 nitrogen and oxygen atoms in total. The summed E-state index contributed by atoms with van der Waals surface area (Å²) in [7, 11) is -1.78. The first-order chi connectivity index (χ1) is 11.6. The molecule has 0 bridgehead atoms. The molecule has 8 heteroatoms. The molecular weight excluding hydrogens is 371 g/mol. The van der Waals surface area contributed by atoms with Crippen LogP contribution >= 0.6 is 11.3 Å². The lowest BCUT2D eigenvalue weighted by Gasteiger charge is -2.23. The van der Waals surface area contributed by atoms with Crippen LogP contribution in [-0.2, 0) is 28.2 Å². The standard InChI is InChI=1S/C17H18F3NO2S2/c1-16(2,15(22)21-10-9-13-4-3-11-24-13)25(23)14-7-5-12(6-8-14)17(18,19)20/h3-8,11H,9-10H2,1-2H3,(H,21,22). The van der Waals surface area contributed by atoms with Gasteiger partial charge in [0.1, 0.15) is 4.75 Å². The molecule has 25 heavy (non-hydrogen) atoms. The molecule has 2 rings (SSSR count). The molecule has 1 atom stereocenters. The van der Waals surface area contributed by atoms with Crippen molar-refractivity contribution in [2.75, 3.05) is 6.54 Å². The third kappa shape index (κ3) is 4.92. The molecule has 0 fully saturated rings. The summed E-state index contributed by atoms with van der Waals surface area (Å²) in [6, 6.07) is 7.93. The monoisotopic (exact) mass is 389 g/mol. The van der Waals surface area contributed by atoms with Gasteiger partial charge in [0.05, 0.1) is 16.4 Å². The number of benzene rings is 1. The van der Waals surface area contributed by atoms with Gasteiger partial charge in [-0.2, -0.15) is 13.2 Å². The zero-order valence-corrected chi connectivity index (χ0v) is 15.4. The van der Waals surface area contributed by atoms with Crippen molar-refractivity contribution < 1.29 is 22.2 Å². The van der Waals surface area contributed by atoms with Crippen molar-refractivity contribution in [3.63, 3.8) is 0 Å². The van der Waals surface area contributed by atoms with E-state index in [1.807, 2.05) is 17.5 Å². The summed E-state index contributed by atoms with van der Waals surface area (Å²) in [5.41, 5.74) is -0.813. The molecule has 0 radical (unpaired) electrons. The molecular formula is C17H18F3NO2S2. The second kappa shape index (κ2) is 7.70. The molecule has 136 valence electrons. The van der Waals surface area contributed by atoms with Crippen LogP contribution < -0.4 is 5.32 Å². The lowest BCUT2D eigenvalue weighted by Crippen LogP contribution is -2.45. The normalized spacial score (nSPS) is 13.5. The van der Waals surface area contributed by atoms with Gasteiger partial charge in [0.25, 0.3) is 0 Å². The molecule has 0 saturated carbocycles. The van der Waals surface area contributed by atoms with Crippen LogP contribution in [0.4, 0.5) is 13.2 Å². The van der Waals surface area contributed by atoms with E-state index in [4.69, 9.17) is 0 Å². The van der Waals surface area contributed by atoms with E-state index in [1.54, 1.807) is 11.3 Å². The second-order valence-electron chi connectivity index (χ2n) is 5.89. The largest absolute Gasteiger partial charge is 0.416 e. The van der Waals surface area contributed by atoms with E-state index < -0.39 is 33.2 Å². The smallest absolute Gasteiger partial charge is 0.354 e. The van der Waals surface area contributed by atoms with E-state index in [9.17, 15) is 22.2 Å².